The molecule has 0 spiro atoms. The molecule has 0 aliphatic rings. The molecule has 0 aliphatic carbocycles. The fourth-order valence-electron chi connectivity index (χ4n) is 0.982. The number of nitrogen functional groups attached to an aromatic ring is 1. The van der Waals surface area contributed by atoms with Crippen molar-refractivity contribution >= 4 is 17.6 Å². The monoisotopic (exact) mass is 195 g/mol. The fraction of sp³-hybridized carbons (Fsp3) is 0. The van der Waals surface area contributed by atoms with Crippen LogP contribution in [0.4, 0.5) is 6.01 Å². The summed E-state index contributed by atoms with van der Waals surface area (Å²) in [5.41, 5.74) is 6.01. The molecule has 2 aromatic heterocycles. The predicted molar refractivity (Wildman–Crippen MR) is 49.2 cm³/mol. The molecule has 0 atom stereocenters. The minimum Gasteiger partial charge on any atom is -0.424 e. The number of hydrogen-bond donors (Lipinski definition) is 1. The van der Waals surface area contributed by atoms with Crippen LogP contribution in [0.1, 0.15) is 0 Å². The SMILES string of the molecule is Nc1ncc(-c2cccnc2Cl)o1. The first-order chi connectivity index (χ1) is 6.27. The summed E-state index contributed by atoms with van der Waals surface area (Å²) < 4.78 is 5.09. The largest absolute Gasteiger partial charge is 0.424 e. The quantitative estimate of drug-likeness (QED) is 0.707. The van der Waals surface area contributed by atoms with Crippen LogP contribution < -0.4 is 5.73 Å². The summed E-state index contributed by atoms with van der Waals surface area (Å²) in [5, 5.41) is 0.374. The molecule has 0 saturated carbocycles. The standard InChI is InChI=1S/C8H6ClN3O/c9-7-5(2-1-3-11-7)6-4-12-8(10)13-6/h1-4H,(H2,10,12). The Morgan fingerprint density at radius 2 is 2.23 bits per heavy atom. The molecule has 4 nitrogen and oxygen atoms in total. The third-order valence-electron chi connectivity index (χ3n) is 1.55. The number of halogens is 1. The molecular weight excluding hydrogens is 190 g/mol. The molecule has 66 valence electrons. The molecule has 2 rings (SSSR count). The summed E-state index contributed by atoms with van der Waals surface area (Å²) in [6.45, 7) is 0. The Morgan fingerprint density at radius 3 is 2.85 bits per heavy atom. The van der Waals surface area contributed by atoms with Gasteiger partial charge in [-0.3, -0.25) is 0 Å². The maximum absolute atomic E-state index is 5.83. The highest BCUT2D eigenvalue weighted by Gasteiger charge is 2.07. The van der Waals surface area contributed by atoms with Gasteiger partial charge in [-0.05, 0) is 12.1 Å². The van der Waals surface area contributed by atoms with E-state index in [2.05, 4.69) is 9.97 Å². The first-order valence-corrected chi connectivity index (χ1v) is 3.97. The van der Waals surface area contributed by atoms with Crippen LogP contribution in [0.25, 0.3) is 11.3 Å². The van der Waals surface area contributed by atoms with E-state index in [0.29, 0.717) is 16.5 Å². The summed E-state index contributed by atoms with van der Waals surface area (Å²) in [6.07, 6.45) is 3.11. The Hall–Kier alpha value is -1.55. The van der Waals surface area contributed by atoms with Gasteiger partial charge in [-0.25, -0.2) is 9.97 Å². The molecule has 0 amide bonds. The molecule has 0 fully saturated rings. The van der Waals surface area contributed by atoms with Crippen molar-refractivity contribution in [2.24, 2.45) is 0 Å². The van der Waals surface area contributed by atoms with Crippen LogP contribution in [0.5, 0.6) is 0 Å². The van der Waals surface area contributed by atoms with E-state index < -0.39 is 0 Å². The Kier molecular flexibility index (Phi) is 1.90. The van der Waals surface area contributed by atoms with Gasteiger partial charge < -0.3 is 10.2 Å². The minimum absolute atomic E-state index is 0.120. The van der Waals surface area contributed by atoms with Crippen molar-refractivity contribution in [1.82, 2.24) is 9.97 Å². The molecule has 5 heteroatoms. The van der Waals surface area contributed by atoms with Crippen molar-refractivity contribution in [1.29, 1.82) is 0 Å². The number of oxazole rings is 1. The molecule has 2 aromatic rings. The smallest absolute Gasteiger partial charge is 0.292 e. The van der Waals surface area contributed by atoms with E-state index in [0.717, 1.165) is 0 Å². The second kappa shape index (κ2) is 3.06. The van der Waals surface area contributed by atoms with Crippen LogP contribution in [0.2, 0.25) is 5.15 Å². The van der Waals surface area contributed by atoms with Crippen LogP contribution in [-0.2, 0) is 0 Å². The third-order valence-corrected chi connectivity index (χ3v) is 1.85. The Morgan fingerprint density at radius 1 is 1.38 bits per heavy atom. The third kappa shape index (κ3) is 1.48. The number of nitrogens with two attached hydrogens (primary N) is 1. The van der Waals surface area contributed by atoms with Crippen molar-refractivity contribution in [2.75, 3.05) is 5.73 Å². The number of anilines is 1. The van der Waals surface area contributed by atoms with Gasteiger partial charge in [0.15, 0.2) is 5.76 Å². The zero-order valence-corrected chi connectivity index (χ0v) is 7.32. The molecule has 0 unspecified atom stereocenters. The maximum Gasteiger partial charge on any atom is 0.292 e. The van der Waals surface area contributed by atoms with E-state index in [-0.39, 0.29) is 6.01 Å². The number of rotatable bonds is 1. The lowest BCUT2D eigenvalue weighted by Crippen LogP contribution is -1.81. The summed E-state index contributed by atoms with van der Waals surface area (Å²) in [7, 11) is 0. The molecule has 2 heterocycles. The first kappa shape index (κ1) is 8.07. The van der Waals surface area contributed by atoms with Crippen LogP contribution in [-0.4, -0.2) is 9.97 Å². The first-order valence-electron chi connectivity index (χ1n) is 3.59. The second-order valence-electron chi connectivity index (χ2n) is 2.40. The average molecular weight is 196 g/mol. The second-order valence-corrected chi connectivity index (χ2v) is 2.76. The maximum atomic E-state index is 5.83. The molecular formula is C8H6ClN3O. The van der Waals surface area contributed by atoms with Gasteiger partial charge in [0.1, 0.15) is 5.15 Å². The fourth-order valence-corrected chi connectivity index (χ4v) is 1.19. The van der Waals surface area contributed by atoms with Gasteiger partial charge in [0.05, 0.1) is 11.8 Å². The topological polar surface area (TPSA) is 64.9 Å². The van der Waals surface area contributed by atoms with Gasteiger partial charge in [-0.15, -0.1) is 0 Å². The average Bonchev–Trinajstić information content (AvgIpc) is 2.53. The predicted octanol–water partition coefficient (Wildman–Crippen LogP) is 1.97. The molecule has 0 saturated heterocycles. The molecule has 0 aromatic carbocycles. The highest BCUT2D eigenvalue weighted by atomic mass is 35.5. The zero-order valence-electron chi connectivity index (χ0n) is 6.57. The van der Waals surface area contributed by atoms with Crippen LogP contribution in [0.15, 0.2) is 28.9 Å². The number of pyridine rings is 1. The van der Waals surface area contributed by atoms with Crippen LogP contribution in [0, 0.1) is 0 Å². The lowest BCUT2D eigenvalue weighted by molar-refractivity contribution is 0.594. The summed E-state index contributed by atoms with van der Waals surface area (Å²) in [4.78, 5) is 7.66. The van der Waals surface area contributed by atoms with Crippen molar-refractivity contribution in [3.05, 3.63) is 29.7 Å². The van der Waals surface area contributed by atoms with E-state index >= 15 is 0 Å². The summed E-state index contributed by atoms with van der Waals surface area (Å²) >= 11 is 5.83. The van der Waals surface area contributed by atoms with E-state index in [1.54, 1.807) is 18.3 Å². The molecule has 0 radical (unpaired) electrons. The van der Waals surface area contributed by atoms with Gasteiger partial charge in [-0.2, -0.15) is 0 Å². The lowest BCUT2D eigenvalue weighted by atomic mass is 10.2. The number of hydrogen-bond acceptors (Lipinski definition) is 4. The van der Waals surface area contributed by atoms with Gasteiger partial charge in [0, 0.05) is 6.20 Å². The highest BCUT2D eigenvalue weighted by molar-refractivity contribution is 6.31. The Labute approximate surface area is 79.4 Å². The molecule has 0 aliphatic heterocycles. The molecule has 2 N–H and O–H groups in total. The van der Waals surface area contributed by atoms with Crippen molar-refractivity contribution < 1.29 is 4.42 Å². The van der Waals surface area contributed by atoms with E-state index in [9.17, 15) is 0 Å². The normalized spacial score (nSPS) is 10.2. The number of nitrogens with zero attached hydrogens (tertiary/aromatic N) is 2. The Balaban J connectivity index is 2.52. The summed E-state index contributed by atoms with van der Waals surface area (Å²) in [6, 6.07) is 3.67. The molecule has 13 heavy (non-hydrogen) atoms. The van der Waals surface area contributed by atoms with Crippen molar-refractivity contribution in [2.45, 2.75) is 0 Å². The van der Waals surface area contributed by atoms with Crippen molar-refractivity contribution in [3.8, 4) is 11.3 Å². The number of aromatic nitrogens is 2. The van der Waals surface area contributed by atoms with Gasteiger partial charge in [0.25, 0.3) is 6.01 Å². The van der Waals surface area contributed by atoms with E-state index in [1.807, 2.05) is 0 Å². The van der Waals surface area contributed by atoms with Gasteiger partial charge in [0.2, 0.25) is 0 Å². The summed E-state index contributed by atoms with van der Waals surface area (Å²) in [5.74, 6) is 0.524. The highest BCUT2D eigenvalue weighted by Crippen LogP contribution is 2.26. The Bertz CT molecular complexity index is 427. The van der Waals surface area contributed by atoms with E-state index in [4.69, 9.17) is 21.8 Å². The van der Waals surface area contributed by atoms with Gasteiger partial charge >= 0.3 is 0 Å². The van der Waals surface area contributed by atoms with E-state index in [1.165, 1.54) is 6.20 Å². The van der Waals surface area contributed by atoms with Crippen LogP contribution >= 0.6 is 11.6 Å². The zero-order chi connectivity index (χ0) is 9.26. The molecule has 0 bridgehead atoms. The van der Waals surface area contributed by atoms with Crippen molar-refractivity contribution in [3.63, 3.8) is 0 Å². The van der Waals surface area contributed by atoms with Crippen LogP contribution in [0.3, 0.4) is 0 Å². The lowest BCUT2D eigenvalue weighted by Gasteiger charge is -1.96. The minimum atomic E-state index is 0.120. The van der Waals surface area contributed by atoms with Gasteiger partial charge in [-0.1, -0.05) is 11.6 Å².